The Balaban J connectivity index is 1.29. The number of hydrogen-bond donors (Lipinski definition) is 0. The summed E-state index contributed by atoms with van der Waals surface area (Å²) in [5.41, 5.74) is 1.10. The molecule has 2 amide bonds. The van der Waals surface area contributed by atoms with E-state index in [2.05, 4.69) is 0 Å². The van der Waals surface area contributed by atoms with Gasteiger partial charge in [-0.2, -0.15) is 13.2 Å². The molecule has 8 nitrogen and oxygen atoms in total. The van der Waals surface area contributed by atoms with Crippen LogP contribution in [-0.4, -0.2) is 54.4 Å². The number of rotatable bonds is 5. The molecule has 3 aromatic rings. The van der Waals surface area contributed by atoms with Gasteiger partial charge >= 0.3 is 6.18 Å². The van der Waals surface area contributed by atoms with Crippen molar-refractivity contribution in [2.45, 2.75) is 11.1 Å². The molecular weight excluding hydrogens is 545 g/mol. The molecule has 40 heavy (non-hydrogen) atoms. The predicted molar refractivity (Wildman–Crippen MR) is 146 cm³/mol. The van der Waals surface area contributed by atoms with Gasteiger partial charge in [0.2, 0.25) is 5.91 Å². The Labute approximate surface area is 231 Å². The van der Waals surface area contributed by atoms with Gasteiger partial charge in [-0.1, -0.05) is 36.0 Å². The molecule has 0 unspecified atom stereocenters. The number of nitro groups is 1. The van der Waals surface area contributed by atoms with Crippen molar-refractivity contribution in [3.63, 3.8) is 0 Å². The number of carbonyl (C=O) groups is 2. The summed E-state index contributed by atoms with van der Waals surface area (Å²) in [7, 11) is 0. The Morgan fingerprint density at radius 2 is 1.60 bits per heavy atom. The first-order valence-corrected chi connectivity index (χ1v) is 13.2. The van der Waals surface area contributed by atoms with Crippen LogP contribution in [0.1, 0.15) is 11.1 Å². The number of halogens is 3. The maximum absolute atomic E-state index is 13.5. The van der Waals surface area contributed by atoms with E-state index < -0.39 is 22.6 Å². The lowest BCUT2D eigenvalue weighted by Gasteiger charge is -2.37. The molecule has 2 aliphatic rings. The monoisotopic (exact) mass is 568 g/mol. The average molecular weight is 569 g/mol. The second-order valence-electron chi connectivity index (χ2n) is 9.23. The van der Waals surface area contributed by atoms with Gasteiger partial charge in [-0.05, 0) is 48.0 Å². The highest BCUT2D eigenvalue weighted by Crippen LogP contribution is 2.42. The lowest BCUT2D eigenvalue weighted by molar-refractivity contribution is -0.384. The highest BCUT2D eigenvalue weighted by molar-refractivity contribution is 8.04. The minimum absolute atomic E-state index is 0.00829. The SMILES string of the molecule is O=C(CN1C(=O)/C(=C/c2ccc(C(F)(F)F)cc2)Sc2ccccc21)N1CCN(c2ccc([N+](=O)[O-])cc2)CC1. The fourth-order valence-electron chi connectivity index (χ4n) is 4.57. The Morgan fingerprint density at radius 1 is 0.950 bits per heavy atom. The number of benzene rings is 3. The molecule has 0 N–H and O–H groups in total. The molecule has 12 heteroatoms. The molecule has 2 aliphatic heterocycles. The molecule has 0 atom stereocenters. The molecule has 0 bridgehead atoms. The van der Waals surface area contributed by atoms with E-state index in [4.69, 9.17) is 0 Å². The number of nitrogens with zero attached hydrogens (tertiary/aromatic N) is 4. The van der Waals surface area contributed by atoms with Crippen molar-refractivity contribution in [3.8, 4) is 0 Å². The molecule has 2 heterocycles. The molecule has 0 saturated carbocycles. The maximum atomic E-state index is 13.5. The second-order valence-corrected chi connectivity index (χ2v) is 10.3. The first kappa shape index (κ1) is 27.3. The Hall–Kier alpha value is -4.32. The van der Waals surface area contributed by atoms with Crippen molar-refractivity contribution in [2.24, 2.45) is 0 Å². The Kier molecular flexibility index (Phi) is 7.53. The van der Waals surface area contributed by atoms with Gasteiger partial charge in [-0.3, -0.25) is 24.6 Å². The van der Waals surface area contributed by atoms with Crippen LogP contribution in [-0.2, 0) is 15.8 Å². The number of amides is 2. The van der Waals surface area contributed by atoms with Gasteiger partial charge in [-0.25, -0.2) is 0 Å². The lowest BCUT2D eigenvalue weighted by atomic mass is 10.1. The molecule has 1 saturated heterocycles. The summed E-state index contributed by atoms with van der Waals surface area (Å²) in [6.07, 6.45) is -2.92. The molecule has 5 rings (SSSR count). The number of thioether (sulfide) groups is 1. The third-order valence-corrected chi connectivity index (χ3v) is 7.80. The fourth-order valence-corrected chi connectivity index (χ4v) is 5.63. The van der Waals surface area contributed by atoms with Gasteiger partial charge in [0.15, 0.2) is 0 Å². The largest absolute Gasteiger partial charge is 0.416 e. The number of nitro benzene ring substituents is 1. The van der Waals surface area contributed by atoms with Crippen molar-refractivity contribution < 1.29 is 27.7 Å². The van der Waals surface area contributed by atoms with E-state index in [1.807, 2.05) is 17.0 Å². The topological polar surface area (TPSA) is 87.0 Å². The van der Waals surface area contributed by atoms with Crippen molar-refractivity contribution in [3.05, 3.63) is 98.9 Å². The van der Waals surface area contributed by atoms with Crippen molar-refractivity contribution in [2.75, 3.05) is 42.5 Å². The summed E-state index contributed by atoms with van der Waals surface area (Å²) in [4.78, 5) is 43.4. The van der Waals surface area contributed by atoms with Gasteiger partial charge in [0, 0.05) is 48.9 Å². The molecule has 0 radical (unpaired) electrons. The molecule has 0 aliphatic carbocycles. The van der Waals surface area contributed by atoms with Crippen LogP contribution >= 0.6 is 11.8 Å². The van der Waals surface area contributed by atoms with E-state index in [-0.39, 0.29) is 18.1 Å². The highest BCUT2D eigenvalue weighted by Gasteiger charge is 2.33. The average Bonchev–Trinajstić information content (AvgIpc) is 2.95. The van der Waals surface area contributed by atoms with E-state index in [1.54, 1.807) is 29.2 Å². The van der Waals surface area contributed by atoms with Gasteiger partial charge in [0.25, 0.3) is 11.6 Å². The third kappa shape index (κ3) is 5.81. The first-order valence-electron chi connectivity index (χ1n) is 12.3. The number of carbonyl (C=O) groups excluding carboxylic acids is 2. The standard InChI is InChI=1S/C28H23F3N4O4S/c29-28(30,31)20-7-5-19(6-8-20)17-25-27(37)34(23-3-1-2-4-24(23)40-25)18-26(36)33-15-13-32(14-16-33)21-9-11-22(12-10-21)35(38)39/h1-12,17H,13-16,18H2/b25-17-. The van der Waals surface area contributed by atoms with Crippen LogP contribution in [0.5, 0.6) is 0 Å². The minimum atomic E-state index is -4.45. The zero-order chi connectivity index (χ0) is 28.4. The van der Waals surface area contributed by atoms with Crippen LogP contribution < -0.4 is 9.80 Å². The maximum Gasteiger partial charge on any atom is 0.416 e. The molecule has 3 aromatic carbocycles. The highest BCUT2D eigenvalue weighted by atomic mass is 32.2. The number of fused-ring (bicyclic) bond motifs is 1. The smallest absolute Gasteiger partial charge is 0.368 e. The second kappa shape index (κ2) is 11.0. The van der Waals surface area contributed by atoms with Crippen LogP contribution in [0.2, 0.25) is 0 Å². The normalized spacial score (nSPS) is 16.7. The van der Waals surface area contributed by atoms with Gasteiger partial charge in [-0.15, -0.1) is 0 Å². The summed E-state index contributed by atoms with van der Waals surface area (Å²) in [6.45, 7) is 1.72. The number of piperazine rings is 1. The Bertz CT molecular complexity index is 1470. The fraction of sp³-hybridized carbons (Fsp3) is 0.214. The molecule has 1 fully saturated rings. The number of hydrogen-bond acceptors (Lipinski definition) is 6. The van der Waals surface area contributed by atoms with E-state index in [9.17, 15) is 32.9 Å². The summed E-state index contributed by atoms with van der Waals surface area (Å²) < 4.78 is 38.8. The van der Waals surface area contributed by atoms with Crippen LogP contribution in [0, 0.1) is 10.1 Å². The van der Waals surface area contributed by atoms with E-state index in [1.165, 1.54) is 47.0 Å². The summed E-state index contributed by atoms with van der Waals surface area (Å²) in [5.74, 6) is -0.631. The van der Waals surface area contributed by atoms with Gasteiger partial charge < -0.3 is 9.80 Å². The van der Waals surface area contributed by atoms with Crippen LogP contribution in [0.25, 0.3) is 6.08 Å². The first-order chi connectivity index (χ1) is 19.1. The van der Waals surface area contributed by atoms with E-state index in [0.29, 0.717) is 42.3 Å². The quantitative estimate of drug-likeness (QED) is 0.231. The summed E-state index contributed by atoms with van der Waals surface area (Å²) in [5, 5.41) is 10.9. The molecule has 0 spiro atoms. The minimum Gasteiger partial charge on any atom is -0.368 e. The zero-order valence-corrected chi connectivity index (χ0v) is 21.8. The number of para-hydroxylation sites is 1. The lowest BCUT2D eigenvalue weighted by Crippen LogP contribution is -2.52. The van der Waals surface area contributed by atoms with Gasteiger partial charge in [0.05, 0.1) is 21.1 Å². The van der Waals surface area contributed by atoms with Crippen LogP contribution in [0.15, 0.2) is 82.6 Å². The molecular formula is C28H23F3N4O4S. The van der Waals surface area contributed by atoms with E-state index in [0.717, 1.165) is 22.7 Å². The number of non-ortho nitro benzene ring substituents is 1. The van der Waals surface area contributed by atoms with Crippen molar-refractivity contribution >= 4 is 46.7 Å². The van der Waals surface area contributed by atoms with Crippen molar-refractivity contribution in [1.82, 2.24) is 4.90 Å². The third-order valence-electron chi connectivity index (χ3n) is 6.72. The van der Waals surface area contributed by atoms with Gasteiger partial charge in [0.1, 0.15) is 6.54 Å². The summed E-state index contributed by atoms with van der Waals surface area (Å²) >= 11 is 1.21. The number of anilines is 2. The molecule has 0 aromatic heterocycles. The number of alkyl halides is 3. The molecule has 206 valence electrons. The van der Waals surface area contributed by atoms with Crippen LogP contribution in [0.3, 0.4) is 0 Å². The van der Waals surface area contributed by atoms with E-state index >= 15 is 0 Å². The predicted octanol–water partition coefficient (Wildman–Crippen LogP) is 5.44. The Morgan fingerprint density at radius 3 is 2.23 bits per heavy atom. The zero-order valence-electron chi connectivity index (χ0n) is 21.0. The van der Waals surface area contributed by atoms with Crippen molar-refractivity contribution in [1.29, 1.82) is 0 Å². The van der Waals surface area contributed by atoms with Crippen LogP contribution in [0.4, 0.5) is 30.2 Å². The summed E-state index contributed by atoms with van der Waals surface area (Å²) in [6, 6.07) is 18.0.